The molecule has 2 unspecified atom stereocenters. The van der Waals surface area contributed by atoms with E-state index in [1.807, 2.05) is 0 Å². The van der Waals surface area contributed by atoms with Crippen molar-refractivity contribution >= 4 is 35.7 Å². The molecule has 0 spiro atoms. The molecule has 2 rings (SSSR count). The molecule has 0 amide bonds. The summed E-state index contributed by atoms with van der Waals surface area (Å²) in [5.41, 5.74) is -8.36. The van der Waals surface area contributed by atoms with Crippen LogP contribution in [0.1, 0.15) is 11.1 Å². The predicted octanol–water partition coefficient (Wildman–Crippen LogP) is 0.00520. The Hall–Kier alpha value is -4.68. The highest BCUT2D eigenvalue weighted by molar-refractivity contribution is 6.27. The molecule has 0 saturated carbocycles. The van der Waals surface area contributed by atoms with E-state index >= 15 is 0 Å². The van der Waals surface area contributed by atoms with E-state index in [0.29, 0.717) is 12.2 Å². The molecule has 2 atom stereocenters. The molecule has 0 aliphatic rings. The van der Waals surface area contributed by atoms with Crippen molar-refractivity contribution in [3.05, 3.63) is 59.7 Å². The molecule has 0 fully saturated rings. The molecule has 34 heavy (non-hydrogen) atoms. The molecular weight excluding hydrogens is 456 g/mol. The first-order valence-corrected chi connectivity index (χ1v) is 9.15. The summed E-state index contributed by atoms with van der Waals surface area (Å²) in [4.78, 5) is 48.6. The van der Waals surface area contributed by atoms with Gasteiger partial charge in [-0.1, -0.05) is 24.3 Å². The lowest BCUT2D eigenvalue weighted by Crippen LogP contribution is -2.71. The zero-order valence-corrected chi connectivity index (χ0v) is 17.0. The SMILES string of the molecule is O=C(O)C(O)(C(=O)/C=C/c1ccc(O)c(O)c1)C(O)(C(=O)O)C(=O)/C=C/c1ccc(O)c(O)c1. The molecule has 0 heterocycles. The Kier molecular flexibility index (Phi) is 7.10. The topological polar surface area (TPSA) is 230 Å². The van der Waals surface area contributed by atoms with Gasteiger partial charge in [0.25, 0.3) is 11.2 Å². The Bertz CT molecular complexity index is 1130. The fourth-order valence-corrected chi connectivity index (χ4v) is 2.75. The van der Waals surface area contributed by atoms with Crippen LogP contribution in [0.5, 0.6) is 23.0 Å². The van der Waals surface area contributed by atoms with Crippen LogP contribution >= 0.6 is 0 Å². The van der Waals surface area contributed by atoms with Gasteiger partial charge >= 0.3 is 11.9 Å². The molecular formula is C22H18O12. The summed E-state index contributed by atoms with van der Waals surface area (Å²) in [5.74, 6) is -11.1. The highest BCUT2D eigenvalue weighted by atomic mass is 16.5. The second-order valence-electron chi connectivity index (χ2n) is 6.92. The average Bonchev–Trinajstić information content (AvgIpc) is 2.78. The van der Waals surface area contributed by atoms with Crippen LogP contribution in [0.4, 0.5) is 0 Å². The van der Waals surface area contributed by atoms with Crippen LogP contribution in [-0.2, 0) is 19.2 Å². The van der Waals surface area contributed by atoms with Gasteiger partial charge in [-0.05, 0) is 47.5 Å². The van der Waals surface area contributed by atoms with Crippen LogP contribution in [-0.4, -0.2) is 75.6 Å². The third-order valence-electron chi connectivity index (χ3n) is 4.71. The second kappa shape index (κ2) is 9.44. The molecule has 0 bridgehead atoms. The average molecular weight is 474 g/mol. The third-order valence-corrected chi connectivity index (χ3v) is 4.71. The first-order valence-electron chi connectivity index (χ1n) is 9.15. The molecule has 0 saturated heterocycles. The summed E-state index contributed by atoms with van der Waals surface area (Å²) in [6.45, 7) is 0. The molecule has 0 aliphatic heterocycles. The summed E-state index contributed by atoms with van der Waals surface area (Å²) in [5, 5.41) is 77.4. The van der Waals surface area contributed by atoms with Crippen molar-refractivity contribution in [2.45, 2.75) is 11.2 Å². The van der Waals surface area contributed by atoms with Gasteiger partial charge in [0.15, 0.2) is 23.0 Å². The molecule has 178 valence electrons. The summed E-state index contributed by atoms with van der Waals surface area (Å²) >= 11 is 0. The third kappa shape index (κ3) is 4.57. The van der Waals surface area contributed by atoms with Gasteiger partial charge in [0.2, 0.25) is 11.6 Å². The monoisotopic (exact) mass is 474 g/mol. The summed E-state index contributed by atoms with van der Waals surface area (Å²) in [6, 6.07) is 6.27. The van der Waals surface area contributed by atoms with Crippen molar-refractivity contribution in [1.29, 1.82) is 0 Å². The maximum Gasteiger partial charge on any atom is 0.348 e. The van der Waals surface area contributed by atoms with Crippen molar-refractivity contribution in [1.82, 2.24) is 0 Å². The number of aromatic hydroxyl groups is 4. The minimum Gasteiger partial charge on any atom is -0.504 e. The van der Waals surface area contributed by atoms with Gasteiger partial charge in [0.1, 0.15) is 0 Å². The van der Waals surface area contributed by atoms with Crippen LogP contribution in [0.15, 0.2) is 48.6 Å². The number of carboxylic acid groups (broad SMARTS) is 2. The van der Waals surface area contributed by atoms with E-state index in [2.05, 4.69) is 0 Å². The van der Waals surface area contributed by atoms with E-state index in [4.69, 9.17) is 0 Å². The van der Waals surface area contributed by atoms with Crippen molar-refractivity contribution in [2.75, 3.05) is 0 Å². The molecule has 0 radical (unpaired) electrons. The Morgan fingerprint density at radius 2 is 0.912 bits per heavy atom. The Morgan fingerprint density at radius 1 is 0.588 bits per heavy atom. The molecule has 8 N–H and O–H groups in total. The quantitative estimate of drug-likeness (QED) is 0.136. The number of phenolic OH excluding ortho intramolecular Hbond substituents is 4. The number of rotatable bonds is 9. The van der Waals surface area contributed by atoms with Crippen LogP contribution < -0.4 is 0 Å². The van der Waals surface area contributed by atoms with Crippen molar-refractivity contribution in [3.8, 4) is 23.0 Å². The predicted molar refractivity (Wildman–Crippen MR) is 113 cm³/mol. The highest BCUT2D eigenvalue weighted by Gasteiger charge is 2.68. The summed E-state index contributed by atoms with van der Waals surface area (Å²) in [6.07, 6.45) is 2.39. The Balaban J connectivity index is 2.49. The lowest BCUT2D eigenvalue weighted by Gasteiger charge is -2.33. The standard InChI is InChI=1S/C22H18O12/c23-13-5-1-11(9-15(13)25)3-7-17(27)21(33,19(29)30)22(34,20(31)32)18(28)8-4-12-2-6-14(24)16(26)10-12/h1-10,23-26,33-34H,(H,29,30)(H,31,32)/b7-3+,8-4+. The van der Waals surface area contributed by atoms with Gasteiger partial charge in [0, 0.05) is 0 Å². The van der Waals surface area contributed by atoms with E-state index in [1.165, 1.54) is 12.1 Å². The minimum atomic E-state index is -4.19. The van der Waals surface area contributed by atoms with Crippen LogP contribution in [0.3, 0.4) is 0 Å². The lowest BCUT2D eigenvalue weighted by molar-refractivity contribution is -0.204. The fraction of sp³-hybridized carbons (Fsp3) is 0.0909. The molecule has 2 aromatic rings. The van der Waals surface area contributed by atoms with Gasteiger partial charge in [-0.25, -0.2) is 9.59 Å². The van der Waals surface area contributed by atoms with Crippen LogP contribution in [0.2, 0.25) is 0 Å². The van der Waals surface area contributed by atoms with E-state index in [0.717, 1.165) is 36.4 Å². The Morgan fingerprint density at radius 3 is 1.18 bits per heavy atom. The molecule has 2 aromatic carbocycles. The smallest absolute Gasteiger partial charge is 0.348 e. The second-order valence-corrected chi connectivity index (χ2v) is 6.92. The number of phenols is 4. The van der Waals surface area contributed by atoms with Gasteiger partial charge in [0.05, 0.1) is 0 Å². The largest absolute Gasteiger partial charge is 0.504 e. The van der Waals surface area contributed by atoms with Crippen molar-refractivity contribution in [3.63, 3.8) is 0 Å². The number of carboxylic acids is 2. The minimum absolute atomic E-state index is 0.00798. The van der Waals surface area contributed by atoms with E-state index in [-0.39, 0.29) is 11.1 Å². The van der Waals surface area contributed by atoms with Crippen LogP contribution in [0, 0.1) is 0 Å². The molecule has 0 aliphatic carbocycles. The summed E-state index contributed by atoms with van der Waals surface area (Å²) in [7, 11) is 0. The number of carbonyl (C=O) groups is 4. The van der Waals surface area contributed by atoms with Gasteiger partial charge in [-0.3, -0.25) is 9.59 Å². The number of aliphatic carboxylic acids is 2. The molecule has 0 aromatic heterocycles. The number of hydrogen-bond acceptors (Lipinski definition) is 10. The number of ketones is 2. The van der Waals surface area contributed by atoms with E-state index in [1.54, 1.807) is 0 Å². The molecule has 12 heteroatoms. The van der Waals surface area contributed by atoms with E-state index < -0.39 is 57.7 Å². The van der Waals surface area contributed by atoms with Crippen molar-refractivity contribution in [2.24, 2.45) is 0 Å². The van der Waals surface area contributed by atoms with Gasteiger partial charge in [-0.2, -0.15) is 0 Å². The first kappa shape index (κ1) is 25.6. The maximum absolute atomic E-state index is 12.6. The normalized spacial score (nSPS) is 15.0. The number of hydrogen-bond donors (Lipinski definition) is 8. The first-order chi connectivity index (χ1) is 15.7. The Labute approximate surface area is 190 Å². The number of aliphatic hydroxyl groups is 2. The van der Waals surface area contributed by atoms with Gasteiger partial charge in [-0.15, -0.1) is 0 Å². The zero-order valence-electron chi connectivity index (χ0n) is 17.0. The number of carbonyl (C=O) groups excluding carboxylic acids is 2. The zero-order chi connectivity index (χ0) is 25.8. The van der Waals surface area contributed by atoms with Gasteiger partial charge < -0.3 is 40.9 Å². The maximum atomic E-state index is 12.6. The van der Waals surface area contributed by atoms with Crippen LogP contribution in [0.25, 0.3) is 12.2 Å². The molecule has 12 nitrogen and oxygen atoms in total. The number of benzene rings is 2. The highest BCUT2D eigenvalue weighted by Crippen LogP contribution is 2.30. The van der Waals surface area contributed by atoms with Crippen molar-refractivity contribution < 1.29 is 60.0 Å². The summed E-state index contributed by atoms with van der Waals surface area (Å²) < 4.78 is 0. The lowest BCUT2D eigenvalue weighted by atomic mass is 9.76. The van der Waals surface area contributed by atoms with E-state index in [9.17, 15) is 60.0 Å². The fourth-order valence-electron chi connectivity index (χ4n) is 2.75.